The number of nitrogens with two attached hydrogens (primary N) is 1. The van der Waals surface area contributed by atoms with Crippen LogP contribution in [-0.4, -0.2) is 16.5 Å². The third kappa shape index (κ3) is 3.32. The van der Waals surface area contributed by atoms with Crippen molar-refractivity contribution in [1.29, 1.82) is 0 Å². The molecule has 0 saturated carbocycles. The summed E-state index contributed by atoms with van der Waals surface area (Å²) < 4.78 is 26.1. The molecule has 2 N–H and O–H groups in total. The molecule has 1 unspecified atom stereocenters. The molecule has 2 aromatic rings. The van der Waals surface area contributed by atoms with Crippen molar-refractivity contribution < 1.29 is 8.78 Å². The van der Waals surface area contributed by atoms with E-state index in [1.165, 1.54) is 6.07 Å². The number of rotatable bonds is 4. The maximum atomic E-state index is 13.2. The van der Waals surface area contributed by atoms with Gasteiger partial charge in [-0.1, -0.05) is 6.92 Å². The number of halogens is 2. The number of nitrogens with zero attached hydrogens (tertiary/aromatic N) is 2. The summed E-state index contributed by atoms with van der Waals surface area (Å²) in [6, 6.07) is 5.39. The molecular weight excluding hydrogens is 248 g/mol. The molecule has 1 aromatic heterocycles. The van der Waals surface area contributed by atoms with E-state index in [1.807, 2.05) is 6.92 Å². The quantitative estimate of drug-likeness (QED) is 0.922. The van der Waals surface area contributed by atoms with Gasteiger partial charge in [0.15, 0.2) is 11.6 Å². The molecule has 0 radical (unpaired) electrons. The van der Waals surface area contributed by atoms with Crippen molar-refractivity contribution in [2.75, 3.05) is 6.54 Å². The smallest absolute Gasteiger partial charge is 0.159 e. The van der Waals surface area contributed by atoms with Crippen molar-refractivity contribution in [3.05, 3.63) is 47.9 Å². The van der Waals surface area contributed by atoms with Crippen LogP contribution >= 0.6 is 0 Å². The highest BCUT2D eigenvalue weighted by molar-refractivity contribution is 5.58. The molecule has 0 aliphatic heterocycles. The summed E-state index contributed by atoms with van der Waals surface area (Å²) in [5.41, 5.74) is 6.67. The molecule has 19 heavy (non-hydrogen) atoms. The van der Waals surface area contributed by atoms with E-state index in [1.54, 1.807) is 12.3 Å². The van der Waals surface area contributed by atoms with Crippen molar-refractivity contribution in [2.24, 2.45) is 11.7 Å². The van der Waals surface area contributed by atoms with Crippen molar-refractivity contribution in [3.63, 3.8) is 0 Å². The third-order valence-electron chi connectivity index (χ3n) is 2.85. The predicted molar refractivity (Wildman–Crippen MR) is 69.3 cm³/mol. The minimum atomic E-state index is -0.881. The minimum absolute atomic E-state index is 0.278. The average molecular weight is 263 g/mol. The second-order valence-electron chi connectivity index (χ2n) is 4.53. The van der Waals surface area contributed by atoms with E-state index >= 15 is 0 Å². The van der Waals surface area contributed by atoms with Gasteiger partial charge in [0, 0.05) is 18.2 Å². The maximum absolute atomic E-state index is 13.2. The zero-order valence-electron chi connectivity index (χ0n) is 10.6. The second-order valence-corrected chi connectivity index (χ2v) is 4.53. The number of hydrogen-bond donors (Lipinski definition) is 1. The fourth-order valence-corrected chi connectivity index (χ4v) is 1.71. The molecule has 1 heterocycles. The Morgan fingerprint density at radius 3 is 2.68 bits per heavy atom. The second kappa shape index (κ2) is 5.84. The van der Waals surface area contributed by atoms with E-state index in [0.717, 1.165) is 12.1 Å². The Bertz CT molecular complexity index is 572. The lowest BCUT2D eigenvalue weighted by Crippen LogP contribution is -2.14. The number of benzene rings is 1. The Labute approximate surface area is 110 Å². The fourth-order valence-electron chi connectivity index (χ4n) is 1.71. The van der Waals surface area contributed by atoms with E-state index in [4.69, 9.17) is 5.73 Å². The van der Waals surface area contributed by atoms with Gasteiger partial charge >= 0.3 is 0 Å². The maximum Gasteiger partial charge on any atom is 0.159 e. The molecule has 100 valence electrons. The summed E-state index contributed by atoms with van der Waals surface area (Å²) in [5.74, 6) is -0.817. The Hall–Kier alpha value is -1.88. The van der Waals surface area contributed by atoms with Crippen LogP contribution in [0.2, 0.25) is 0 Å². The SMILES string of the molecule is CC(CN)Cc1nccc(-c2ccc(F)c(F)c2)n1. The number of aromatic nitrogens is 2. The first-order chi connectivity index (χ1) is 9.10. The van der Waals surface area contributed by atoms with Gasteiger partial charge in [-0.3, -0.25) is 0 Å². The largest absolute Gasteiger partial charge is 0.330 e. The molecule has 0 aliphatic rings. The molecule has 0 spiro atoms. The molecule has 3 nitrogen and oxygen atoms in total. The highest BCUT2D eigenvalue weighted by Crippen LogP contribution is 2.19. The normalized spacial score (nSPS) is 12.4. The van der Waals surface area contributed by atoms with E-state index in [2.05, 4.69) is 9.97 Å². The van der Waals surface area contributed by atoms with Crippen molar-refractivity contribution >= 4 is 0 Å². The lowest BCUT2D eigenvalue weighted by atomic mass is 10.1. The van der Waals surface area contributed by atoms with Crippen LogP contribution in [0.4, 0.5) is 8.78 Å². The zero-order chi connectivity index (χ0) is 13.8. The summed E-state index contributed by atoms with van der Waals surface area (Å²) in [6.07, 6.45) is 2.27. The van der Waals surface area contributed by atoms with Gasteiger partial charge in [-0.15, -0.1) is 0 Å². The van der Waals surface area contributed by atoms with Crippen LogP contribution < -0.4 is 5.73 Å². The summed E-state index contributed by atoms with van der Waals surface area (Å²) >= 11 is 0. The Morgan fingerprint density at radius 1 is 1.21 bits per heavy atom. The van der Waals surface area contributed by atoms with Crippen molar-refractivity contribution in [2.45, 2.75) is 13.3 Å². The molecule has 0 saturated heterocycles. The molecule has 0 bridgehead atoms. The molecule has 1 aromatic carbocycles. The fraction of sp³-hybridized carbons (Fsp3) is 0.286. The Balaban J connectivity index is 2.29. The first-order valence-corrected chi connectivity index (χ1v) is 6.07. The monoisotopic (exact) mass is 263 g/mol. The van der Waals surface area contributed by atoms with Gasteiger partial charge in [0.2, 0.25) is 0 Å². The van der Waals surface area contributed by atoms with Crippen molar-refractivity contribution in [3.8, 4) is 11.3 Å². The van der Waals surface area contributed by atoms with Crippen LogP contribution in [0.25, 0.3) is 11.3 Å². The summed E-state index contributed by atoms with van der Waals surface area (Å²) in [7, 11) is 0. The molecule has 0 amide bonds. The van der Waals surface area contributed by atoms with Gasteiger partial charge in [0.25, 0.3) is 0 Å². The first kappa shape index (κ1) is 13.5. The van der Waals surface area contributed by atoms with E-state index in [-0.39, 0.29) is 5.92 Å². The van der Waals surface area contributed by atoms with Gasteiger partial charge in [0.1, 0.15) is 5.82 Å². The minimum Gasteiger partial charge on any atom is -0.330 e. The van der Waals surface area contributed by atoms with E-state index in [9.17, 15) is 8.78 Å². The highest BCUT2D eigenvalue weighted by atomic mass is 19.2. The van der Waals surface area contributed by atoms with Crippen LogP contribution in [0, 0.1) is 17.6 Å². The molecule has 0 fully saturated rings. The molecule has 5 heteroatoms. The highest BCUT2D eigenvalue weighted by Gasteiger charge is 2.08. The summed E-state index contributed by atoms with van der Waals surface area (Å²) in [4.78, 5) is 8.50. The van der Waals surface area contributed by atoms with Crippen LogP contribution in [0.5, 0.6) is 0 Å². The third-order valence-corrected chi connectivity index (χ3v) is 2.85. The summed E-state index contributed by atoms with van der Waals surface area (Å²) in [5, 5.41) is 0. The van der Waals surface area contributed by atoms with Gasteiger partial charge in [0.05, 0.1) is 5.69 Å². The predicted octanol–water partition coefficient (Wildman–Crippen LogP) is 2.56. The van der Waals surface area contributed by atoms with Crippen molar-refractivity contribution in [1.82, 2.24) is 9.97 Å². The van der Waals surface area contributed by atoms with Gasteiger partial charge in [-0.2, -0.15) is 0 Å². The Morgan fingerprint density at radius 2 is 2.00 bits per heavy atom. The molecule has 0 aliphatic carbocycles. The van der Waals surface area contributed by atoms with E-state index < -0.39 is 11.6 Å². The van der Waals surface area contributed by atoms with Gasteiger partial charge < -0.3 is 5.73 Å². The van der Waals surface area contributed by atoms with E-state index in [0.29, 0.717) is 30.0 Å². The van der Waals surface area contributed by atoms with Gasteiger partial charge in [-0.25, -0.2) is 18.7 Å². The first-order valence-electron chi connectivity index (χ1n) is 6.07. The van der Waals surface area contributed by atoms with Crippen LogP contribution in [-0.2, 0) is 6.42 Å². The topological polar surface area (TPSA) is 51.8 Å². The summed E-state index contributed by atoms with van der Waals surface area (Å²) in [6.45, 7) is 2.56. The lowest BCUT2D eigenvalue weighted by molar-refractivity contribution is 0.509. The van der Waals surface area contributed by atoms with Gasteiger partial charge in [-0.05, 0) is 36.7 Å². The van der Waals surface area contributed by atoms with Crippen LogP contribution in [0.15, 0.2) is 30.5 Å². The van der Waals surface area contributed by atoms with Crippen LogP contribution in [0.1, 0.15) is 12.7 Å². The van der Waals surface area contributed by atoms with Crippen LogP contribution in [0.3, 0.4) is 0 Å². The molecular formula is C14H15F2N3. The Kier molecular flexibility index (Phi) is 4.16. The average Bonchev–Trinajstić information content (AvgIpc) is 2.42. The standard InChI is InChI=1S/C14H15F2N3/c1-9(8-17)6-14-18-5-4-13(19-14)10-2-3-11(15)12(16)7-10/h2-5,7,9H,6,8,17H2,1H3. The number of hydrogen-bond acceptors (Lipinski definition) is 3. The lowest BCUT2D eigenvalue weighted by Gasteiger charge is -2.08. The zero-order valence-corrected chi connectivity index (χ0v) is 10.6. The molecule has 1 atom stereocenters. The molecule has 2 rings (SSSR count).